The van der Waals surface area contributed by atoms with Crippen LogP contribution in [0.3, 0.4) is 0 Å². The summed E-state index contributed by atoms with van der Waals surface area (Å²) in [5, 5.41) is 0. The topological polar surface area (TPSA) is 22.1 Å². The number of fused-ring (bicyclic) bond motifs is 1. The summed E-state index contributed by atoms with van der Waals surface area (Å²) in [4.78, 5) is 4.35. The molecule has 0 aromatic carbocycles. The van der Waals surface area contributed by atoms with Gasteiger partial charge in [-0.25, -0.2) is 4.98 Å². The third kappa shape index (κ3) is 1.22. The molecule has 1 aliphatic rings. The summed E-state index contributed by atoms with van der Waals surface area (Å²) in [6.45, 7) is 0. The predicted octanol–water partition coefficient (Wildman–Crippen LogP) is 2.42. The Morgan fingerprint density at radius 1 is 1.50 bits per heavy atom. The predicted molar refractivity (Wildman–Crippen MR) is 56.5 cm³/mol. The molecule has 0 spiro atoms. The van der Waals surface area contributed by atoms with Crippen molar-refractivity contribution < 1.29 is 4.74 Å². The van der Waals surface area contributed by atoms with Crippen molar-refractivity contribution in [3.05, 3.63) is 29.5 Å². The third-order valence-electron chi connectivity index (χ3n) is 1.89. The molecule has 0 saturated carbocycles. The number of allylic oxidation sites excluding steroid dienone is 1. The fraction of sp³-hybridized carbons (Fsp3) is 0.222. The fourth-order valence-electron chi connectivity index (χ4n) is 1.25. The zero-order valence-electron chi connectivity index (χ0n) is 6.67. The molecule has 3 heteroatoms. The van der Waals surface area contributed by atoms with Crippen LogP contribution in [0.1, 0.15) is 11.3 Å². The first kappa shape index (κ1) is 8.04. The molecule has 12 heavy (non-hydrogen) atoms. The lowest BCUT2D eigenvalue weighted by molar-refractivity contribution is 0.397. The summed E-state index contributed by atoms with van der Waals surface area (Å²) in [6.07, 6.45) is 3.18. The van der Waals surface area contributed by atoms with Crippen molar-refractivity contribution in [1.29, 1.82) is 0 Å². The number of rotatable bonds is 1. The van der Waals surface area contributed by atoms with E-state index in [1.807, 2.05) is 6.07 Å². The summed E-state index contributed by atoms with van der Waals surface area (Å²) in [6, 6.07) is 3.98. The van der Waals surface area contributed by atoms with Gasteiger partial charge in [0, 0.05) is 9.65 Å². The standard InChI is InChI=1S/C9H8INO/c1-12-8-5-3-6-2-4-7(10)9(6)11-8/h3-5H,2H2,1H3. The highest BCUT2D eigenvalue weighted by molar-refractivity contribution is 14.1. The van der Waals surface area contributed by atoms with Crippen LogP contribution in [0.5, 0.6) is 5.88 Å². The Balaban J connectivity index is 2.50. The summed E-state index contributed by atoms with van der Waals surface area (Å²) >= 11 is 2.30. The van der Waals surface area contributed by atoms with Gasteiger partial charge >= 0.3 is 0 Å². The molecule has 0 unspecified atom stereocenters. The van der Waals surface area contributed by atoms with E-state index in [0.29, 0.717) is 5.88 Å². The van der Waals surface area contributed by atoms with Gasteiger partial charge in [-0.2, -0.15) is 0 Å². The maximum Gasteiger partial charge on any atom is 0.213 e. The lowest BCUT2D eigenvalue weighted by Gasteiger charge is -2.02. The molecule has 0 atom stereocenters. The van der Waals surface area contributed by atoms with E-state index >= 15 is 0 Å². The van der Waals surface area contributed by atoms with Crippen LogP contribution in [-0.2, 0) is 6.42 Å². The number of ether oxygens (including phenoxy) is 1. The van der Waals surface area contributed by atoms with E-state index in [1.165, 1.54) is 9.14 Å². The van der Waals surface area contributed by atoms with Gasteiger partial charge in [-0.15, -0.1) is 0 Å². The van der Waals surface area contributed by atoms with Gasteiger partial charge in [-0.05, 0) is 34.6 Å². The third-order valence-corrected chi connectivity index (χ3v) is 2.84. The molecule has 0 amide bonds. The molecule has 0 N–H and O–H groups in total. The van der Waals surface area contributed by atoms with Crippen LogP contribution in [0.15, 0.2) is 18.2 Å². The van der Waals surface area contributed by atoms with Crippen molar-refractivity contribution in [2.75, 3.05) is 7.11 Å². The Morgan fingerprint density at radius 2 is 2.33 bits per heavy atom. The number of hydrogen-bond donors (Lipinski definition) is 0. The molecule has 1 heterocycles. The first-order chi connectivity index (χ1) is 5.81. The molecule has 1 aromatic heterocycles. The van der Waals surface area contributed by atoms with Gasteiger partial charge < -0.3 is 4.74 Å². The quantitative estimate of drug-likeness (QED) is 0.733. The highest BCUT2D eigenvalue weighted by Gasteiger charge is 2.13. The van der Waals surface area contributed by atoms with E-state index in [2.05, 4.69) is 39.7 Å². The van der Waals surface area contributed by atoms with Gasteiger partial charge in [-0.3, -0.25) is 0 Å². The van der Waals surface area contributed by atoms with E-state index in [1.54, 1.807) is 7.11 Å². The number of hydrogen-bond acceptors (Lipinski definition) is 2. The van der Waals surface area contributed by atoms with Crippen LogP contribution in [0.2, 0.25) is 0 Å². The first-order valence-electron chi connectivity index (χ1n) is 3.71. The van der Waals surface area contributed by atoms with E-state index in [9.17, 15) is 0 Å². The second kappa shape index (κ2) is 3.05. The molecule has 2 rings (SSSR count). The first-order valence-corrected chi connectivity index (χ1v) is 4.79. The van der Waals surface area contributed by atoms with Crippen LogP contribution in [-0.4, -0.2) is 12.1 Å². The average Bonchev–Trinajstić information content (AvgIpc) is 2.47. The molecule has 0 fully saturated rings. The summed E-state index contributed by atoms with van der Waals surface area (Å²) < 4.78 is 6.27. The molecule has 0 saturated heterocycles. The average molecular weight is 273 g/mol. The number of methoxy groups -OCH3 is 1. The van der Waals surface area contributed by atoms with Gasteiger partial charge in [0.05, 0.1) is 12.8 Å². The smallest absolute Gasteiger partial charge is 0.213 e. The summed E-state index contributed by atoms with van der Waals surface area (Å²) in [5.74, 6) is 0.693. The summed E-state index contributed by atoms with van der Waals surface area (Å²) in [7, 11) is 1.64. The van der Waals surface area contributed by atoms with Gasteiger partial charge in [0.1, 0.15) is 0 Å². The van der Waals surface area contributed by atoms with Crippen molar-refractivity contribution >= 4 is 26.2 Å². The minimum absolute atomic E-state index is 0.693. The van der Waals surface area contributed by atoms with E-state index < -0.39 is 0 Å². The minimum Gasteiger partial charge on any atom is -0.481 e. The molecule has 0 bridgehead atoms. The second-order valence-corrected chi connectivity index (χ2v) is 3.78. The van der Waals surface area contributed by atoms with Gasteiger partial charge in [0.15, 0.2) is 0 Å². The van der Waals surface area contributed by atoms with Crippen LogP contribution in [0.4, 0.5) is 0 Å². The zero-order chi connectivity index (χ0) is 8.55. The van der Waals surface area contributed by atoms with Gasteiger partial charge in [0.25, 0.3) is 0 Å². The molecular weight excluding hydrogens is 265 g/mol. The van der Waals surface area contributed by atoms with Crippen LogP contribution in [0, 0.1) is 0 Å². The van der Waals surface area contributed by atoms with Crippen LogP contribution in [0.25, 0.3) is 3.58 Å². The van der Waals surface area contributed by atoms with Crippen LogP contribution < -0.4 is 4.74 Å². The molecule has 0 radical (unpaired) electrons. The zero-order valence-corrected chi connectivity index (χ0v) is 8.83. The number of pyridine rings is 1. The number of aromatic nitrogens is 1. The van der Waals surface area contributed by atoms with Gasteiger partial charge in [-0.1, -0.05) is 12.1 Å². The highest BCUT2D eigenvalue weighted by Crippen LogP contribution is 2.31. The molecule has 1 aromatic rings. The van der Waals surface area contributed by atoms with Crippen molar-refractivity contribution in [2.24, 2.45) is 0 Å². The fourth-order valence-corrected chi connectivity index (χ4v) is 1.94. The lowest BCUT2D eigenvalue weighted by atomic mass is 10.2. The van der Waals surface area contributed by atoms with Crippen molar-refractivity contribution in [2.45, 2.75) is 6.42 Å². The largest absolute Gasteiger partial charge is 0.481 e. The molecule has 62 valence electrons. The second-order valence-electron chi connectivity index (χ2n) is 2.62. The van der Waals surface area contributed by atoms with Crippen molar-refractivity contribution in [3.8, 4) is 5.88 Å². The Bertz CT molecular complexity index is 346. The molecular formula is C9H8INO. The van der Waals surface area contributed by atoms with E-state index in [0.717, 1.165) is 12.1 Å². The normalized spacial score (nSPS) is 14.0. The molecule has 0 aliphatic heterocycles. The Labute approximate surface area is 84.8 Å². The Kier molecular flexibility index (Phi) is 2.04. The molecule has 2 nitrogen and oxygen atoms in total. The maximum atomic E-state index is 5.05. The van der Waals surface area contributed by atoms with Crippen molar-refractivity contribution in [1.82, 2.24) is 4.98 Å². The highest BCUT2D eigenvalue weighted by atomic mass is 127. The Morgan fingerprint density at radius 3 is 3.08 bits per heavy atom. The number of nitrogens with zero attached hydrogens (tertiary/aromatic N) is 1. The molecule has 1 aliphatic carbocycles. The maximum absolute atomic E-state index is 5.05. The monoisotopic (exact) mass is 273 g/mol. The lowest BCUT2D eigenvalue weighted by Crippen LogP contribution is -1.92. The van der Waals surface area contributed by atoms with E-state index in [4.69, 9.17) is 4.74 Å². The van der Waals surface area contributed by atoms with Crippen LogP contribution >= 0.6 is 22.6 Å². The van der Waals surface area contributed by atoms with Gasteiger partial charge in [0.2, 0.25) is 5.88 Å². The summed E-state index contributed by atoms with van der Waals surface area (Å²) in [5.41, 5.74) is 2.37. The van der Waals surface area contributed by atoms with E-state index in [-0.39, 0.29) is 0 Å². The Hall–Kier alpha value is -0.580. The number of halogens is 1. The minimum atomic E-state index is 0.693. The SMILES string of the molecule is COc1ccc2c(n1)C(I)=CC2. The van der Waals surface area contributed by atoms with Crippen molar-refractivity contribution in [3.63, 3.8) is 0 Å².